The average molecular weight is 538 g/mol. The van der Waals surface area contributed by atoms with E-state index in [9.17, 15) is 9.18 Å². The van der Waals surface area contributed by atoms with E-state index in [0.29, 0.717) is 40.2 Å². The van der Waals surface area contributed by atoms with E-state index in [2.05, 4.69) is 49.1 Å². The third-order valence-corrected chi connectivity index (χ3v) is 6.43. The topological polar surface area (TPSA) is 78.5 Å². The molecule has 2 aromatic rings. The summed E-state index contributed by atoms with van der Waals surface area (Å²) in [6, 6.07) is 4.54. The number of carbonyl (C=O) groups excluding carboxylic acids is 1. The number of anilines is 1. The molecule has 0 radical (unpaired) electrons. The number of nitrogens with one attached hydrogen (secondary N) is 1. The van der Waals surface area contributed by atoms with E-state index < -0.39 is 5.82 Å². The normalized spacial score (nSPS) is 13.6. The number of nitrogens with two attached hydrogens (primary N) is 1. The Kier molecular flexibility index (Phi) is 12.5. The third-order valence-electron chi connectivity index (χ3n) is 6.43. The van der Waals surface area contributed by atoms with Crippen LogP contribution in [0.3, 0.4) is 0 Å². The Morgan fingerprint density at radius 1 is 1.23 bits per heavy atom. The molecule has 1 aromatic carbocycles. The molecule has 0 atom stereocenters. The molecule has 3 N–H and O–H groups in total. The number of allylic oxidation sites excluding steroid dienone is 2. The van der Waals surface area contributed by atoms with Crippen LogP contribution in [0.15, 0.2) is 36.9 Å². The number of carbonyl (C=O) groups is 1. The summed E-state index contributed by atoms with van der Waals surface area (Å²) in [6.45, 7) is 16.0. The predicted molar refractivity (Wildman–Crippen MR) is 158 cm³/mol. The van der Waals surface area contributed by atoms with Crippen LogP contribution in [0.1, 0.15) is 92.7 Å². The molecular formula is C32H44FN3O3. The van der Waals surface area contributed by atoms with Gasteiger partial charge in [-0.25, -0.2) is 4.39 Å². The molecule has 3 rings (SSSR count). The van der Waals surface area contributed by atoms with Gasteiger partial charge in [0.2, 0.25) is 0 Å². The van der Waals surface area contributed by atoms with Crippen molar-refractivity contribution >= 4 is 17.3 Å². The Bertz CT molecular complexity index is 1230. The van der Waals surface area contributed by atoms with Crippen molar-refractivity contribution in [1.82, 2.24) is 4.57 Å². The summed E-state index contributed by atoms with van der Waals surface area (Å²) in [4.78, 5) is 13.5. The smallest absolute Gasteiger partial charge is 0.259 e. The Labute approximate surface area is 233 Å². The van der Waals surface area contributed by atoms with Gasteiger partial charge in [-0.05, 0) is 63.7 Å². The Morgan fingerprint density at radius 2 is 1.90 bits per heavy atom. The molecule has 6 nitrogen and oxygen atoms in total. The molecule has 1 aliphatic carbocycles. The first kappa shape index (κ1) is 31.9. The second kappa shape index (κ2) is 15.3. The minimum Gasteiger partial charge on any atom is -0.398 e. The first-order valence-electron chi connectivity index (χ1n) is 13.7. The minimum absolute atomic E-state index is 0.0997. The van der Waals surface area contributed by atoms with Crippen LogP contribution in [-0.4, -0.2) is 30.8 Å². The van der Waals surface area contributed by atoms with Crippen molar-refractivity contribution in [3.63, 3.8) is 0 Å². The average Bonchev–Trinajstić information content (AvgIpc) is 3.56. The lowest BCUT2D eigenvalue weighted by molar-refractivity contribution is 0.102. The van der Waals surface area contributed by atoms with Gasteiger partial charge in [0, 0.05) is 60.5 Å². The number of hydrogen-bond acceptors (Lipinski definition) is 4. The quantitative estimate of drug-likeness (QED) is 0.185. The van der Waals surface area contributed by atoms with E-state index in [1.165, 1.54) is 13.2 Å². The predicted octanol–water partition coefficient (Wildman–Crippen LogP) is 6.91. The molecule has 0 spiro atoms. The van der Waals surface area contributed by atoms with Crippen molar-refractivity contribution in [3.8, 4) is 11.8 Å². The second-order valence-corrected chi connectivity index (χ2v) is 9.84. The highest BCUT2D eigenvalue weighted by Gasteiger charge is 2.43. The van der Waals surface area contributed by atoms with Gasteiger partial charge in [0.15, 0.2) is 0 Å². The summed E-state index contributed by atoms with van der Waals surface area (Å²) >= 11 is 0. The first-order chi connectivity index (χ1) is 18.7. The van der Waals surface area contributed by atoms with E-state index in [1.54, 1.807) is 24.3 Å². The maximum absolute atomic E-state index is 14.4. The molecule has 1 saturated carbocycles. The van der Waals surface area contributed by atoms with Gasteiger partial charge in [-0.3, -0.25) is 4.79 Å². The van der Waals surface area contributed by atoms with Crippen LogP contribution in [0.2, 0.25) is 0 Å². The van der Waals surface area contributed by atoms with Gasteiger partial charge in [-0.1, -0.05) is 45.4 Å². The lowest BCUT2D eigenvalue weighted by Gasteiger charge is -2.16. The standard InChI is InChI=1S/C26H30FN3O2.C6H14O/c1-6-8-10-22-24(25(31)29-19-12-11-18(16-32-5)20(27)15-19)23(21(28)9-7-2)17(3)30(22)26(4)13-14-26;1-3-5-7-6-4-2/h7,9,11-12,15H,2,6,13-14,16,28H2,1,3-5H3,(H,29,31);3-6H2,1-2H3/b21-9+;. The third kappa shape index (κ3) is 8.32. The van der Waals surface area contributed by atoms with Crippen molar-refractivity contribution in [1.29, 1.82) is 0 Å². The highest BCUT2D eigenvalue weighted by Crippen LogP contribution is 2.47. The monoisotopic (exact) mass is 537 g/mol. The zero-order valence-electron chi connectivity index (χ0n) is 24.4. The van der Waals surface area contributed by atoms with E-state index >= 15 is 0 Å². The lowest BCUT2D eigenvalue weighted by Crippen LogP contribution is -2.18. The van der Waals surface area contributed by atoms with E-state index in [4.69, 9.17) is 15.2 Å². The van der Waals surface area contributed by atoms with Gasteiger partial charge in [0.05, 0.1) is 12.2 Å². The van der Waals surface area contributed by atoms with Crippen LogP contribution >= 0.6 is 0 Å². The van der Waals surface area contributed by atoms with Crippen LogP contribution in [-0.2, 0) is 21.6 Å². The molecule has 39 heavy (non-hydrogen) atoms. The maximum atomic E-state index is 14.4. The molecule has 1 heterocycles. The van der Waals surface area contributed by atoms with Crippen LogP contribution < -0.4 is 11.1 Å². The summed E-state index contributed by atoms with van der Waals surface area (Å²) in [5, 5.41) is 2.83. The number of aromatic nitrogens is 1. The van der Waals surface area contributed by atoms with Gasteiger partial charge in [0.1, 0.15) is 11.5 Å². The molecule has 1 fully saturated rings. The summed E-state index contributed by atoms with van der Waals surface area (Å²) in [6.07, 6.45) is 8.20. The minimum atomic E-state index is -0.443. The first-order valence-corrected chi connectivity index (χ1v) is 13.7. The Hall–Kier alpha value is -3.34. The van der Waals surface area contributed by atoms with Crippen molar-refractivity contribution in [2.45, 2.75) is 78.9 Å². The summed E-state index contributed by atoms with van der Waals surface area (Å²) in [7, 11) is 1.50. The highest BCUT2D eigenvalue weighted by molar-refractivity contribution is 6.09. The highest BCUT2D eigenvalue weighted by atomic mass is 19.1. The number of benzene rings is 1. The molecule has 0 bridgehead atoms. The van der Waals surface area contributed by atoms with Gasteiger partial charge >= 0.3 is 0 Å². The zero-order chi connectivity index (χ0) is 29.0. The summed E-state index contributed by atoms with van der Waals surface area (Å²) in [5.41, 5.74) is 10.0. The number of hydrogen-bond donors (Lipinski definition) is 2. The van der Waals surface area contributed by atoms with Crippen LogP contribution in [0.5, 0.6) is 0 Å². The Balaban J connectivity index is 0.000000673. The number of halogens is 1. The number of methoxy groups -OCH3 is 1. The molecule has 1 aliphatic rings. The number of amides is 1. The molecule has 0 saturated heterocycles. The Morgan fingerprint density at radius 3 is 2.41 bits per heavy atom. The van der Waals surface area contributed by atoms with Crippen molar-refractivity contribution in [2.75, 3.05) is 25.6 Å². The van der Waals surface area contributed by atoms with Crippen molar-refractivity contribution < 1.29 is 18.7 Å². The summed E-state index contributed by atoms with van der Waals surface area (Å²) in [5.74, 6) is 5.47. The SMILES string of the molecule is C=C/C=C(/N)c1c(C(=O)Nc2ccc(COC)c(F)c2)c(C#CCC)n(C2(C)CC2)c1C.CCCOCCC. The second-order valence-electron chi connectivity index (χ2n) is 9.84. The van der Waals surface area contributed by atoms with E-state index in [1.807, 2.05) is 13.8 Å². The van der Waals surface area contributed by atoms with E-state index in [0.717, 1.165) is 44.6 Å². The fourth-order valence-electron chi connectivity index (χ4n) is 4.33. The molecular weight excluding hydrogens is 493 g/mol. The number of rotatable bonds is 11. The molecule has 212 valence electrons. The largest absolute Gasteiger partial charge is 0.398 e. The van der Waals surface area contributed by atoms with Crippen LogP contribution in [0.4, 0.5) is 10.1 Å². The fraction of sp³-hybridized carbons (Fsp3) is 0.469. The van der Waals surface area contributed by atoms with Crippen molar-refractivity contribution in [2.24, 2.45) is 5.73 Å². The van der Waals surface area contributed by atoms with Gasteiger partial charge in [-0.15, -0.1) is 0 Å². The van der Waals surface area contributed by atoms with Crippen LogP contribution in [0.25, 0.3) is 5.70 Å². The van der Waals surface area contributed by atoms with Gasteiger partial charge in [-0.2, -0.15) is 0 Å². The molecule has 0 aliphatic heterocycles. The van der Waals surface area contributed by atoms with Crippen molar-refractivity contribution in [3.05, 3.63) is 70.8 Å². The summed E-state index contributed by atoms with van der Waals surface area (Å²) < 4.78 is 26.6. The zero-order valence-corrected chi connectivity index (χ0v) is 24.4. The molecule has 7 heteroatoms. The van der Waals surface area contributed by atoms with Gasteiger partial charge < -0.3 is 25.1 Å². The fourth-order valence-corrected chi connectivity index (χ4v) is 4.33. The van der Waals surface area contributed by atoms with Gasteiger partial charge in [0.25, 0.3) is 5.91 Å². The molecule has 1 amide bonds. The van der Waals surface area contributed by atoms with Crippen LogP contribution in [0, 0.1) is 24.6 Å². The maximum Gasteiger partial charge on any atom is 0.259 e. The molecule has 1 aromatic heterocycles. The number of ether oxygens (including phenoxy) is 2. The number of nitrogens with zero attached hydrogens (tertiary/aromatic N) is 1. The lowest BCUT2D eigenvalue weighted by atomic mass is 10.0. The van der Waals surface area contributed by atoms with E-state index in [-0.39, 0.29) is 18.1 Å². The molecule has 0 unspecified atom stereocenters.